The van der Waals surface area contributed by atoms with Crippen LogP contribution >= 0.6 is 11.6 Å². The number of nitrogens with zero attached hydrogens (tertiary/aromatic N) is 3. The van der Waals surface area contributed by atoms with Gasteiger partial charge in [0.05, 0.1) is 25.1 Å². The zero-order chi connectivity index (χ0) is 15.4. The molecule has 3 rings (SSSR count). The van der Waals surface area contributed by atoms with E-state index in [0.717, 1.165) is 37.7 Å². The molecule has 116 valence electrons. The molecule has 0 bridgehead atoms. The molecule has 8 heteroatoms. The summed E-state index contributed by atoms with van der Waals surface area (Å²) in [6, 6.07) is 3.99. The summed E-state index contributed by atoms with van der Waals surface area (Å²) in [4.78, 5) is 18.0. The Bertz CT molecular complexity index is 682. The Kier molecular flexibility index (Phi) is 4.55. The summed E-state index contributed by atoms with van der Waals surface area (Å²) in [6.07, 6.45) is 3.30. The topological polar surface area (TPSA) is 83.1 Å². The number of morpholine rings is 1. The first kappa shape index (κ1) is 14.8. The molecule has 0 radical (unpaired) electrons. The van der Waals surface area contributed by atoms with Gasteiger partial charge in [-0.25, -0.2) is 10.1 Å². The number of ether oxygens (including phenoxy) is 1. The molecule has 1 aliphatic heterocycles. The number of hydrogen-bond donors (Lipinski definition) is 2. The van der Waals surface area contributed by atoms with Crippen molar-refractivity contribution in [1.82, 2.24) is 15.2 Å². The molecule has 1 aliphatic rings. The fourth-order valence-electron chi connectivity index (χ4n) is 2.20. The number of H-pyrrole nitrogens is 1. The van der Waals surface area contributed by atoms with Gasteiger partial charge in [-0.2, -0.15) is 5.10 Å². The molecular weight excluding hydrogens is 306 g/mol. The molecule has 2 aromatic heterocycles. The lowest BCUT2D eigenvalue weighted by atomic mass is 10.2. The summed E-state index contributed by atoms with van der Waals surface area (Å²) in [7, 11) is 0. The van der Waals surface area contributed by atoms with Crippen LogP contribution in [0.1, 0.15) is 5.56 Å². The third-order valence-electron chi connectivity index (χ3n) is 3.42. The van der Waals surface area contributed by atoms with Gasteiger partial charge in [-0.3, -0.25) is 4.79 Å². The number of nitrogens with one attached hydrogen (secondary N) is 2. The lowest BCUT2D eigenvalue weighted by molar-refractivity contribution is 0.122. The van der Waals surface area contributed by atoms with Crippen molar-refractivity contribution >= 4 is 23.1 Å². The Labute approximate surface area is 132 Å². The van der Waals surface area contributed by atoms with Gasteiger partial charge in [0, 0.05) is 25.8 Å². The lowest BCUT2D eigenvalue weighted by Crippen LogP contribution is -2.36. The Hall–Kier alpha value is -2.12. The highest BCUT2D eigenvalue weighted by Crippen LogP contribution is 2.17. The highest BCUT2D eigenvalue weighted by molar-refractivity contribution is 6.32. The van der Waals surface area contributed by atoms with E-state index in [4.69, 9.17) is 16.3 Å². The molecule has 0 atom stereocenters. The second-order valence-electron chi connectivity index (χ2n) is 4.90. The average Bonchev–Trinajstić information content (AvgIpc) is 2.57. The van der Waals surface area contributed by atoms with Crippen molar-refractivity contribution < 1.29 is 4.74 Å². The third-order valence-corrected chi connectivity index (χ3v) is 3.80. The molecule has 2 N–H and O–H groups in total. The van der Waals surface area contributed by atoms with Crippen LogP contribution in [0.3, 0.4) is 0 Å². The number of rotatable bonds is 4. The highest BCUT2D eigenvalue weighted by atomic mass is 35.5. The second kappa shape index (κ2) is 6.76. The van der Waals surface area contributed by atoms with E-state index in [0.29, 0.717) is 12.2 Å². The minimum Gasteiger partial charge on any atom is -0.378 e. The summed E-state index contributed by atoms with van der Waals surface area (Å²) in [5.41, 5.74) is 1.09. The SMILES string of the molecule is O=c1[nH]ncc(NCc2ccc(N3CCOCC3)nc2)c1Cl. The number of hydrogen-bond acceptors (Lipinski definition) is 6. The van der Waals surface area contributed by atoms with Crippen molar-refractivity contribution in [2.45, 2.75) is 6.54 Å². The first-order chi connectivity index (χ1) is 10.7. The summed E-state index contributed by atoms with van der Waals surface area (Å²) in [5, 5.41) is 9.18. The van der Waals surface area contributed by atoms with Crippen LogP contribution in [0.15, 0.2) is 29.3 Å². The maximum absolute atomic E-state index is 11.4. The molecule has 7 nitrogen and oxygen atoms in total. The molecule has 0 amide bonds. The van der Waals surface area contributed by atoms with E-state index in [1.807, 2.05) is 18.3 Å². The molecule has 0 aromatic carbocycles. The van der Waals surface area contributed by atoms with Crippen LogP contribution in [0.25, 0.3) is 0 Å². The molecule has 0 unspecified atom stereocenters. The van der Waals surface area contributed by atoms with Gasteiger partial charge in [0.15, 0.2) is 0 Å². The van der Waals surface area contributed by atoms with Crippen LogP contribution in [0.2, 0.25) is 5.02 Å². The van der Waals surface area contributed by atoms with Gasteiger partial charge in [0.25, 0.3) is 5.56 Å². The fraction of sp³-hybridized carbons (Fsp3) is 0.357. The Morgan fingerprint density at radius 3 is 2.86 bits per heavy atom. The molecule has 3 heterocycles. The smallest absolute Gasteiger partial charge is 0.285 e. The minimum atomic E-state index is -0.410. The van der Waals surface area contributed by atoms with Crippen LogP contribution in [0.4, 0.5) is 11.5 Å². The van der Waals surface area contributed by atoms with Gasteiger partial charge in [0.1, 0.15) is 10.8 Å². The van der Waals surface area contributed by atoms with Gasteiger partial charge in [-0.05, 0) is 11.6 Å². The van der Waals surface area contributed by atoms with E-state index in [2.05, 4.69) is 25.4 Å². The molecule has 1 fully saturated rings. The van der Waals surface area contributed by atoms with Gasteiger partial charge in [-0.1, -0.05) is 17.7 Å². The largest absolute Gasteiger partial charge is 0.378 e. The minimum absolute atomic E-state index is 0.105. The van der Waals surface area contributed by atoms with Crippen molar-refractivity contribution in [3.05, 3.63) is 45.5 Å². The molecule has 0 saturated carbocycles. The summed E-state index contributed by atoms with van der Waals surface area (Å²) in [6.45, 7) is 3.71. The van der Waals surface area contributed by atoms with Crippen molar-refractivity contribution in [2.75, 3.05) is 36.5 Å². The van der Waals surface area contributed by atoms with E-state index in [1.54, 1.807) is 0 Å². The second-order valence-corrected chi connectivity index (χ2v) is 5.28. The van der Waals surface area contributed by atoms with E-state index >= 15 is 0 Å². The van der Waals surface area contributed by atoms with Crippen LogP contribution in [0, 0.1) is 0 Å². The monoisotopic (exact) mass is 321 g/mol. The normalized spacial score (nSPS) is 14.9. The number of aromatic nitrogens is 3. The van der Waals surface area contributed by atoms with E-state index in [1.165, 1.54) is 6.20 Å². The van der Waals surface area contributed by atoms with Crippen molar-refractivity contribution in [3.63, 3.8) is 0 Å². The predicted molar refractivity (Wildman–Crippen MR) is 84.5 cm³/mol. The molecule has 1 saturated heterocycles. The van der Waals surface area contributed by atoms with Gasteiger partial charge < -0.3 is 15.0 Å². The number of halogens is 1. The molecule has 0 spiro atoms. The van der Waals surface area contributed by atoms with E-state index < -0.39 is 5.56 Å². The van der Waals surface area contributed by atoms with E-state index in [-0.39, 0.29) is 5.02 Å². The zero-order valence-electron chi connectivity index (χ0n) is 11.9. The molecular formula is C14H16ClN5O2. The van der Waals surface area contributed by atoms with Crippen LogP contribution < -0.4 is 15.8 Å². The van der Waals surface area contributed by atoms with Crippen LogP contribution in [0.5, 0.6) is 0 Å². The zero-order valence-corrected chi connectivity index (χ0v) is 12.6. The first-order valence-corrected chi connectivity index (χ1v) is 7.36. The summed E-state index contributed by atoms with van der Waals surface area (Å²) in [5.74, 6) is 0.947. The standard InChI is InChI=1S/C14H16ClN5O2/c15-13-11(9-18-19-14(13)21)16-7-10-1-2-12(17-8-10)20-3-5-22-6-4-20/h1-2,8-9H,3-7H2,(H2,16,19,21). The van der Waals surface area contributed by atoms with Crippen molar-refractivity contribution in [3.8, 4) is 0 Å². The Balaban J connectivity index is 1.63. The van der Waals surface area contributed by atoms with Crippen molar-refractivity contribution in [1.29, 1.82) is 0 Å². The lowest BCUT2D eigenvalue weighted by Gasteiger charge is -2.27. The Morgan fingerprint density at radius 2 is 2.14 bits per heavy atom. The van der Waals surface area contributed by atoms with Crippen LogP contribution in [-0.2, 0) is 11.3 Å². The molecule has 2 aromatic rings. The number of pyridine rings is 1. The van der Waals surface area contributed by atoms with Crippen LogP contribution in [-0.4, -0.2) is 41.5 Å². The number of anilines is 2. The van der Waals surface area contributed by atoms with Crippen molar-refractivity contribution in [2.24, 2.45) is 0 Å². The fourth-order valence-corrected chi connectivity index (χ4v) is 2.36. The quantitative estimate of drug-likeness (QED) is 0.882. The predicted octanol–water partition coefficient (Wildman–Crippen LogP) is 1.27. The van der Waals surface area contributed by atoms with Gasteiger partial charge in [0.2, 0.25) is 0 Å². The summed E-state index contributed by atoms with van der Waals surface area (Å²) >= 11 is 5.91. The summed E-state index contributed by atoms with van der Waals surface area (Å²) < 4.78 is 5.33. The van der Waals surface area contributed by atoms with E-state index in [9.17, 15) is 4.79 Å². The van der Waals surface area contributed by atoms with Gasteiger partial charge >= 0.3 is 0 Å². The Morgan fingerprint density at radius 1 is 1.32 bits per heavy atom. The third kappa shape index (κ3) is 3.37. The highest BCUT2D eigenvalue weighted by Gasteiger charge is 2.12. The maximum Gasteiger partial charge on any atom is 0.285 e. The van der Waals surface area contributed by atoms with Gasteiger partial charge in [-0.15, -0.1) is 0 Å². The average molecular weight is 322 g/mol. The maximum atomic E-state index is 11.4. The molecule has 0 aliphatic carbocycles. The first-order valence-electron chi connectivity index (χ1n) is 6.99. The number of aromatic amines is 1. The molecule has 22 heavy (non-hydrogen) atoms.